The summed E-state index contributed by atoms with van der Waals surface area (Å²) in [5.74, 6) is 1.01. The van der Waals surface area contributed by atoms with Gasteiger partial charge in [0.25, 0.3) is 0 Å². The molecular formula is C18H30N2O. The molecule has 1 N–H and O–H groups in total. The first kappa shape index (κ1) is 16.3. The molecule has 0 radical (unpaired) electrons. The highest BCUT2D eigenvalue weighted by molar-refractivity contribution is 5.36. The van der Waals surface area contributed by atoms with Gasteiger partial charge >= 0.3 is 0 Å². The zero-order chi connectivity index (χ0) is 15.2. The molecule has 1 aromatic rings. The lowest BCUT2D eigenvalue weighted by Gasteiger charge is -2.41. The Morgan fingerprint density at radius 2 is 1.90 bits per heavy atom. The van der Waals surface area contributed by atoms with Gasteiger partial charge in [0.05, 0.1) is 6.61 Å². The van der Waals surface area contributed by atoms with Crippen LogP contribution in [0.4, 0.5) is 0 Å². The Bertz CT molecular complexity index is 425. The van der Waals surface area contributed by atoms with Crippen molar-refractivity contribution in [3.05, 3.63) is 29.8 Å². The SMILES string of the molecule is CCOc1ccccc1C(CN1[C@H](C)CCC[C@@H]1C)NC. The van der Waals surface area contributed by atoms with Crippen LogP contribution in [-0.4, -0.2) is 37.2 Å². The summed E-state index contributed by atoms with van der Waals surface area (Å²) in [4.78, 5) is 2.65. The van der Waals surface area contributed by atoms with Gasteiger partial charge in [0.1, 0.15) is 5.75 Å². The van der Waals surface area contributed by atoms with Gasteiger partial charge in [0.2, 0.25) is 0 Å². The first-order chi connectivity index (χ1) is 10.2. The molecule has 0 spiro atoms. The van der Waals surface area contributed by atoms with Crippen molar-refractivity contribution in [2.75, 3.05) is 20.2 Å². The Morgan fingerprint density at radius 3 is 2.52 bits per heavy atom. The molecule has 0 amide bonds. The van der Waals surface area contributed by atoms with Gasteiger partial charge in [-0.15, -0.1) is 0 Å². The maximum Gasteiger partial charge on any atom is 0.124 e. The standard InChI is InChI=1S/C18H30N2O/c1-5-21-18-12-7-6-11-16(18)17(19-4)13-20-14(2)9-8-10-15(20)3/h6-7,11-12,14-15,17,19H,5,8-10,13H2,1-4H3/t14-,15+,17?. The number of nitrogens with zero attached hydrogens (tertiary/aromatic N) is 1. The van der Waals surface area contributed by atoms with Gasteiger partial charge in [0.15, 0.2) is 0 Å². The highest BCUT2D eigenvalue weighted by atomic mass is 16.5. The minimum Gasteiger partial charge on any atom is -0.494 e. The Balaban J connectivity index is 2.15. The number of hydrogen-bond acceptors (Lipinski definition) is 3. The van der Waals surface area contributed by atoms with Crippen LogP contribution in [0, 0.1) is 0 Å². The maximum atomic E-state index is 5.80. The molecule has 0 bridgehead atoms. The summed E-state index contributed by atoms with van der Waals surface area (Å²) in [6.07, 6.45) is 3.99. The Kier molecular flexibility index (Phi) is 6.07. The molecule has 0 saturated carbocycles. The molecule has 1 unspecified atom stereocenters. The topological polar surface area (TPSA) is 24.5 Å². The lowest BCUT2D eigenvalue weighted by atomic mass is 9.95. The minimum absolute atomic E-state index is 0.316. The van der Waals surface area contributed by atoms with Crippen LogP contribution in [0.1, 0.15) is 51.6 Å². The van der Waals surface area contributed by atoms with Crippen LogP contribution in [0.25, 0.3) is 0 Å². The average Bonchev–Trinajstić information content (AvgIpc) is 2.48. The molecule has 118 valence electrons. The number of hydrogen-bond donors (Lipinski definition) is 1. The van der Waals surface area contributed by atoms with E-state index in [-0.39, 0.29) is 0 Å². The fourth-order valence-electron chi connectivity index (χ4n) is 3.45. The molecule has 0 aliphatic carbocycles. The highest BCUT2D eigenvalue weighted by Gasteiger charge is 2.27. The molecule has 3 atom stereocenters. The molecule has 3 nitrogen and oxygen atoms in total. The van der Waals surface area contributed by atoms with Crippen LogP contribution in [0.5, 0.6) is 5.75 Å². The predicted molar refractivity (Wildman–Crippen MR) is 88.9 cm³/mol. The molecule has 1 fully saturated rings. The third kappa shape index (κ3) is 3.98. The van der Waals surface area contributed by atoms with E-state index in [1.807, 2.05) is 20.0 Å². The average molecular weight is 290 g/mol. The lowest BCUT2D eigenvalue weighted by molar-refractivity contribution is 0.0915. The number of rotatable bonds is 6. The maximum absolute atomic E-state index is 5.80. The summed E-state index contributed by atoms with van der Waals surface area (Å²) in [5, 5.41) is 3.48. The Morgan fingerprint density at radius 1 is 1.24 bits per heavy atom. The molecule has 1 aromatic carbocycles. The Hall–Kier alpha value is -1.06. The van der Waals surface area contributed by atoms with Gasteiger partial charge in [-0.25, -0.2) is 0 Å². The Labute approximate surface area is 129 Å². The quantitative estimate of drug-likeness (QED) is 0.866. The third-order valence-electron chi connectivity index (χ3n) is 4.71. The fraction of sp³-hybridized carbons (Fsp3) is 0.667. The first-order valence-electron chi connectivity index (χ1n) is 8.32. The normalized spacial score (nSPS) is 24.8. The van der Waals surface area contributed by atoms with E-state index in [9.17, 15) is 0 Å². The van der Waals surface area contributed by atoms with Crippen molar-refractivity contribution in [1.29, 1.82) is 0 Å². The zero-order valence-electron chi connectivity index (χ0n) is 13.9. The monoisotopic (exact) mass is 290 g/mol. The number of nitrogens with one attached hydrogen (secondary N) is 1. The molecule has 2 rings (SSSR count). The number of likely N-dealkylation sites (tertiary alicyclic amines) is 1. The lowest BCUT2D eigenvalue weighted by Crippen LogP contribution is -2.47. The number of piperidine rings is 1. The van der Waals surface area contributed by atoms with Gasteiger partial charge < -0.3 is 10.1 Å². The molecule has 21 heavy (non-hydrogen) atoms. The van der Waals surface area contributed by atoms with Crippen LogP contribution >= 0.6 is 0 Å². The predicted octanol–water partition coefficient (Wildman–Crippen LogP) is 3.61. The summed E-state index contributed by atoms with van der Waals surface area (Å²) in [6.45, 7) is 8.51. The number of ether oxygens (including phenoxy) is 1. The second kappa shape index (κ2) is 7.81. The number of benzene rings is 1. The van der Waals surface area contributed by atoms with E-state index in [0.717, 1.165) is 12.3 Å². The summed E-state index contributed by atoms with van der Waals surface area (Å²) >= 11 is 0. The van der Waals surface area contributed by atoms with Crippen molar-refractivity contribution >= 4 is 0 Å². The summed E-state index contributed by atoms with van der Waals surface area (Å²) < 4.78 is 5.80. The van der Waals surface area contributed by atoms with E-state index in [2.05, 4.69) is 42.3 Å². The van der Waals surface area contributed by atoms with Gasteiger partial charge in [-0.3, -0.25) is 4.90 Å². The van der Waals surface area contributed by atoms with Gasteiger partial charge in [0, 0.05) is 30.2 Å². The molecule has 1 aliphatic rings. The third-order valence-corrected chi connectivity index (χ3v) is 4.71. The second-order valence-electron chi connectivity index (χ2n) is 6.14. The van der Waals surface area contributed by atoms with E-state index in [1.54, 1.807) is 0 Å². The van der Waals surface area contributed by atoms with Crippen LogP contribution in [0.3, 0.4) is 0 Å². The van der Waals surface area contributed by atoms with Crippen molar-refractivity contribution in [3.63, 3.8) is 0 Å². The largest absolute Gasteiger partial charge is 0.494 e. The molecule has 1 aliphatic heterocycles. The smallest absolute Gasteiger partial charge is 0.124 e. The first-order valence-corrected chi connectivity index (χ1v) is 8.32. The van der Waals surface area contributed by atoms with E-state index in [1.165, 1.54) is 24.8 Å². The van der Waals surface area contributed by atoms with Crippen molar-refractivity contribution in [2.45, 2.75) is 58.2 Å². The van der Waals surface area contributed by atoms with Crippen LogP contribution in [0.15, 0.2) is 24.3 Å². The minimum atomic E-state index is 0.316. The van der Waals surface area contributed by atoms with Crippen molar-refractivity contribution < 1.29 is 4.74 Å². The molecule has 1 heterocycles. The van der Waals surface area contributed by atoms with Gasteiger partial charge in [-0.1, -0.05) is 24.6 Å². The van der Waals surface area contributed by atoms with Crippen LogP contribution in [0.2, 0.25) is 0 Å². The molecule has 0 aromatic heterocycles. The molecule has 3 heteroatoms. The summed E-state index contributed by atoms with van der Waals surface area (Å²) in [6, 6.07) is 10.1. The van der Waals surface area contributed by atoms with Crippen molar-refractivity contribution in [1.82, 2.24) is 10.2 Å². The van der Waals surface area contributed by atoms with E-state index in [4.69, 9.17) is 4.74 Å². The number of para-hydroxylation sites is 1. The number of likely N-dealkylation sites (N-methyl/N-ethyl adjacent to an activating group) is 1. The van der Waals surface area contributed by atoms with Gasteiger partial charge in [-0.2, -0.15) is 0 Å². The van der Waals surface area contributed by atoms with Crippen LogP contribution < -0.4 is 10.1 Å². The van der Waals surface area contributed by atoms with E-state index >= 15 is 0 Å². The van der Waals surface area contributed by atoms with E-state index < -0.39 is 0 Å². The molecular weight excluding hydrogens is 260 g/mol. The fourth-order valence-corrected chi connectivity index (χ4v) is 3.45. The molecule has 1 saturated heterocycles. The van der Waals surface area contributed by atoms with Gasteiger partial charge in [-0.05, 0) is 46.7 Å². The van der Waals surface area contributed by atoms with Crippen molar-refractivity contribution in [3.8, 4) is 5.75 Å². The highest BCUT2D eigenvalue weighted by Crippen LogP contribution is 2.29. The second-order valence-corrected chi connectivity index (χ2v) is 6.14. The zero-order valence-corrected chi connectivity index (χ0v) is 13.9. The van der Waals surface area contributed by atoms with Crippen molar-refractivity contribution in [2.24, 2.45) is 0 Å². The summed E-state index contributed by atoms with van der Waals surface area (Å²) in [7, 11) is 2.05. The van der Waals surface area contributed by atoms with Crippen LogP contribution in [-0.2, 0) is 0 Å². The van der Waals surface area contributed by atoms with E-state index in [0.29, 0.717) is 24.7 Å². The summed E-state index contributed by atoms with van der Waals surface area (Å²) in [5.41, 5.74) is 1.27.